The van der Waals surface area contributed by atoms with Crippen molar-refractivity contribution in [3.63, 3.8) is 0 Å². The van der Waals surface area contributed by atoms with Crippen LogP contribution in [0.3, 0.4) is 0 Å². The fourth-order valence-electron chi connectivity index (χ4n) is 3.67. The second kappa shape index (κ2) is 7.64. The van der Waals surface area contributed by atoms with Crippen LogP contribution in [0.1, 0.15) is 23.4 Å². The van der Waals surface area contributed by atoms with Crippen LogP contribution in [-0.4, -0.2) is 30.5 Å². The van der Waals surface area contributed by atoms with Gasteiger partial charge in [-0.25, -0.2) is 14.5 Å². The van der Waals surface area contributed by atoms with E-state index in [-0.39, 0.29) is 5.91 Å². The number of anilines is 1. The number of aryl methyl sites for hydroxylation is 2. The molecule has 0 bridgehead atoms. The van der Waals surface area contributed by atoms with Crippen LogP contribution in [0.4, 0.5) is 5.69 Å². The minimum absolute atomic E-state index is 0.0629. The molecule has 0 radical (unpaired) electrons. The molecule has 3 aromatic heterocycles. The number of nitrogens with zero attached hydrogens (tertiary/aromatic N) is 5. The lowest BCUT2D eigenvalue weighted by Gasteiger charge is -2.10. The van der Waals surface area contributed by atoms with Crippen LogP contribution in [-0.2, 0) is 11.2 Å². The summed E-state index contributed by atoms with van der Waals surface area (Å²) in [5.74, 6) is 1.07. The average Bonchev–Trinajstić information content (AvgIpc) is 3.41. The Balaban J connectivity index is 1.26. The van der Waals surface area contributed by atoms with E-state index in [4.69, 9.17) is 4.42 Å². The zero-order chi connectivity index (χ0) is 21.4. The van der Waals surface area contributed by atoms with Crippen LogP contribution in [0, 0.1) is 13.8 Å². The van der Waals surface area contributed by atoms with E-state index in [0.29, 0.717) is 24.5 Å². The minimum Gasteiger partial charge on any atom is -0.436 e. The fraction of sp³-hybridized carbons (Fsp3) is 0.174. The molecule has 0 fully saturated rings. The van der Waals surface area contributed by atoms with E-state index in [1.54, 1.807) is 4.52 Å². The van der Waals surface area contributed by atoms with E-state index in [1.165, 1.54) is 6.33 Å². The third-order valence-electron chi connectivity index (χ3n) is 5.30. The topological polar surface area (TPSA) is 98.2 Å². The Morgan fingerprint density at radius 2 is 1.87 bits per heavy atom. The van der Waals surface area contributed by atoms with E-state index in [9.17, 15) is 4.79 Å². The van der Waals surface area contributed by atoms with Crippen LogP contribution < -0.4 is 5.32 Å². The summed E-state index contributed by atoms with van der Waals surface area (Å²) in [5.41, 5.74) is 5.98. The first kappa shape index (κ1) is 18.9. The highest BCUT2D eigenvalue weighted by atomic mass is 16.3. The van der Waals surface area contributed by atoms with Gasteiger partial charge in [0.25, 0.3) is 5.78 Å². The lowest BCUT2D eigenvalue weighted by atomic mass is 10.1. The molecule has 0 aliphatic carbocycles. The number of carbonyl (C=O) groups is 1. The number of nitrogens with one attached hydrogen (secondary N) is 1. The highest BCUT2D eigenvalue weighted by molar-refractivity contribution is 5.91. The summed E-state index contributed by atoms with van der Waals surface area (Å²) in [4.78, 5) is 25.6. The van der Waals surface area contributed by atoms with Gasteiger partial charge in [-0.05, 0) is 62.2 Å². The fourth-order valence-corrected chi connectivity index (χ4v) is 3.67. The van der Waals surface area contributed by atoms with Crippen molar-refractivity contribution >= 4 is 28.5 Å². The van der Waals surface area contributed by atoms with Gasteiger partial charge >= 0.3 is 0 Å². The molecule has 0 atom stereocenters. The summed E-state index contributed by atoms with van der Waals surface area (Å²) in [7, 11) is 0. The zero-order valence-corrected chi connectivity index (χ0v) is 17.2. The third-order valence-corrected chi connectivity index (χ3v) is 5.30. The Morgan fingerprint density at radius 1 is 1.06 bits per heavy atom. The zero-order valence-electron chi connectivity index (χ0n) is 17.2. The van der Waals surface area contributed by atoms with Gasteiger partial charge in [0.1, 0.15) is 11.8 Å². The van der Waals surface area contributed by atoms with Crippen molar-refractivity contribution in [2.24, 2.45) is 0 Å². The summed E-state index contributed by atoms with van der Waals surface area (Å²) in [6.45, 7) is 3.90. The molecule has 0 aliphatic heterocycles. The molecule has 0 saturated heterocycles. The van der Waals surface area contributed by atoms with Crippen LogP contribution in [0.5, 0.6) is 0 Å². The van der Waals surface area contributed by atoms with Crippen LogP contribution in [0.2, 0.25) is 0 Å². The first-order valence-corrected chi connectivity index (χ1v) is 10.00. The maximum atomic E-state index is 12.5. The van der Waals surface area contributed by atoms with Crippen LogP contribution in [0.25, 0.3) is 28.3 Å². The molecule has 8 nitrogen and oxygen atoms in total. The number of amides is 1. The van der Waals surface area contributed by atoms with Crippen molar-refractivity contribution in [1.29, 1.82) is 0 Å². The molecule has 5 aromatic rings. The Hall–Kier alpha value is -4.07. The Labute approximate surface area is 178 Å². The molecule has 154 valence electrons. The number of oxazole rings is 1. The molecular formula is C23H20N6O2. The Kier molecular flexibility index (Phi) is 4.66. The number of benzene rings is 2. The van der Waals surface area contributed by atoms with Gasteiger partial charge in [0, 0.05) is 29.1 Å². The molecule has 0 saturated carbocycles. The van der Waals surface area contributed by atoms with Gasteiger partial charge in [-0.15, -0.1) is 0 Å². The van der Waals surface area contributed by atoms with Crippen molar-refractivity contribution < 1.29 is 9.21 Å². The van der Waals surface area contributed by atoms with Crippen molar-refractivity contribution in [2.45, 2.75) is 26.7 Å². The molecular weight excluding hydrogens is 392 g/mol. The van der Waals surface area contributed by atoms with Crippen molar-refractivity contribution in [3.05, 3.63) is 71.8 Å². The molecule has 5 rings (SSSR count). The van der Waals surface area contributed by atoms with E-state index in [1.807, 2.05) is 62.4 Å². The number of hydrogen-bond donors (Lipinski definition) is 1. The van der Waals surface area contributed by atoms with Crippen molar-refractivity contribution in [3.8, 4) is 11.5 Å². The van der Waals surface area contributed by atoms with Gasteiger partial charge in [0.05, 0.1) is 0 Å². The molecule has 31 heavy (non-hydrogen) atoms. The van der Waals surface area contributed by atoms with Crippen LogP contribution in [0.15, 0.2) is 59.3 Å². The van der Waals surface area contributed by atoms with Gasteiger partial charge in [-0.3, -0.25) is 4.79 Å². The summed E-state index contributed by atoms with van der Waals surface area (Å²) >= 11 is 0. The van der Waals surface area contributed by atoms with Crippen molar-refractivity contribution in [1.82, 2.24) is 24.6 Å². The number of fused-ring (bicyclic) bond motifs is 2. The molecule has 0 unspecified atom stereocenters. The van der Waals surface area contributed by atoms with Gasteiger partial charge in [0.2, 0.25) is 11.8 Å². The summed E-state index contributed by atoms with van der Waals surface area (Å²) in [6, 6.07) is 15.1. The summed E-state index contributed by atoms with van der Waals surface area (Å²) in [5, 5.41) is 7.13. The number of hydrogen-bond acceptors (Lipinski definition) is 6. The van der Waals surface area contributed by atoms with Gasteiger partial charge < -0.3 is 9.73 Å². The molecule has 1 amide bonds. The Bertz CT molecular complexity index is 1370. The second-order valence-corrected chi connectivity index (χ2v) is 7.35. The summed E-state index contributed by atoms with van der Waals surface area (Å²) < 4.78 is 7.49. The summed E-state index contributed by atoms with van der Waals surface area (Å²) in [6.07, 6.45) is 2.40. The van der Waals surface area contributed by atoms with E-state index < -0.39 is 0 Å². The molecule has 8 heteroatoms. The lowest BCUT2D eigenvalue weighted by Crippen LogP contribution is -2.14. The van der Waals surface area contributed by atoms with Crippen LogP contribution >= 0.6 is 0 Å². The molecule has 3 heterocycles. The Morgan fingerprint density at radius 3 is 2.68 bits per heavy atom. The highest BCUT2D eigenvalue weighted by Gasteiger charge is 2.13. The smallest absolute Gasteiger partial charge is 0.252 e. The quantitative estimate of drug-likeness (QED) is 0.466. The first-order chi connectivity index (χ1) is 15.1. The van der Waals surface area contributed by atoms with Gasteiger partial charge in [-0.2, -0.15) is 10.1 Å². The second-order valence-electron chi connectivity index (χ2n) is 7.35. The minimum atomic E-state index is -0.0629. The lowest BCUT2D eigenvalue weighted by molar-refractivity contribution is -0.116. The SMILES string of the molecule is Cc1nc2ncnn2c(C)c1CCC(=O)Nc1ccc(-c2nc3ccccc3o2)cc1. The predicted molar refractivity (Wildman–Crippen MR) is 117 cm³/mol. The molecule has 1 N–H and O–H groups in total. The van der Waals surface area contributed by atoms with E-state index >= 15 is 0 Å². The molecule has 0 aliphatic rings. The number of carbonyl (C=O) groups excluding carboxylic acids is 1. The van der Waals surface area contributed by atoms with E-state index in [2.05, 4.69) is 25.4 Å². The monoisotopic (exact) mass is 412 g/mol. The average molecular weight is 412 g/mol. The van der Waals surface area contributed by atoms with Gasteiger partial charge in [-0.1, -0.05) is 12.1 Å². The first-order valence-electron chi connectivity index (χ1n) is 10.00. The maximum absolute atomic E-state index is 12.5. The molecule has 2 aromatic carbocycles. The molecule has 0 spiro atoms. The largest absolute Gasteiger partial charge is 0.436 e. The normalized spacial score (nSPS) is 11.3. The third kappa shape index (κ3) is 3.63. The highest BCUT2D eigenvalue weighted by Crippen LogP contribution is 2.25. The van der Waals surface area contributed by atoms with E-state index in [0.717, 1.165) is 39.3 Å². The standard InChI is InChI=1S/C23H20N6O2/c1-14-18(15(2)29-23(26-14)24-13-25-29)11-12-21(30)27-17-9-7-16(8-10-17)22-28-19-5-3-4-6-20(19)31-22/h3-10,13H,11-12H2,1-2H3,(H,27,30). The van der Waals surface area contributed by atoms with Crippen molar-refractivity contribution in [2.75, 3.05) is 5.32 Å². The number of para-hydroxylation sites is 2. The maximum Gasteiger partial charge on any atom is 0.252 e. The predicted octanol–water partition coefficient (Wildman–Crippen LogP) is 4.12. The van der Waals surface area contributed by atoms with Gasteiger partial charge in [0.15, 0.2) is 5.58 Å². The number of aromatic nitrogens is 5. The number of rotatable bonds is 5.